The van der Waals surface area contributed by atoms with Crippen molar-refractivity contribution in [3.8, 4) is 0 Å². The second-order valence-corrected chi connectivity index (χ2v) is 9.37. The molecule has 0 unspecified atom stereocenters. The fourth-order valence-electron chi connectivity index (χ4n) is 4.00. The fraction of sp³-hybridized carbons (Fsp3) is 0.250. The number of nitrogens with zero attached hydrogens (tertiary/aromatic N) is 2. The van der Waals surface area contributed by atoms with E-state index in [9.17, 15) is 8.42 Å². The van der Waals surface area contributed by atoms with Gasteiger partial charge in [-0.3, -0.25) is 4.90 Å². The largest absolute Gasteiger partial charge is 0.290 e. The lowest BCUT2D eigenvalue weighted by Crippen LogP contribution is -2.50. The Balaban J connectivity index is 1.50. The first-order chi connectivity index (χ1) is 14.1. The first kappa shape index (κ1) is 19.8. The Kier molecular flexibility index (Phi) is 6.09. The SMILES string of the molecule is O=S(=O)(Cc1ccccc1)N1CCN(C(c2ccccc2)c2ccccc2)CC1. The van der Waals surface area contributed by atoms with Gasteiger partial charge in [0.25, 0.3) is 0 Å². The number of rotatable bonds is 6. The third kappa shape index (κ3) is 4.75. The van der Waals surface area contributed by atoms with Gasteiger partial charge in [-0.05, 0) is 16.7 Å². The Morgan fingerprint density at radius 2 is 1.10 bits per heavy atom. The molecule has 0 N–H and O–H groups in total. The molecule has 0 aromatic heterocycles. The summed E-state index contributed by atoms with van der Waals surface area (Å²) in [5.41, 5.74) is 3.31. The minimum atomic E-state index is -3.31. The van der Waals surface area contributed by atoms with Crippen molar-refractivity contribution in [1.29, 1.82) is 0 Å². The van der Waals surface area contributed by atoms with Crippen LogP contribution in [0.1, 0.15) is 22.7 Å². The molecule has 0 radical (unpaired) electrons. The van der Waals surface area contributed by atoms with E-state index < -0.39 is 10.0 Å². The summed E-state index contributed by atoms with van der Waals surface area (Å²) in [7, 11) is -3.31. The zero-order chi connectivity index (χ0) is 20.1. The summed E-state index contributed by atoms with van der Waals surface area (Å²) < 4.78 is 27.4. The van der Waals surface area contributed by atoms with E-state index in [4.69, 9.17) is 0 Å². The van der Waals surface area contributed by atoms with Crippen LogP contribution in [0.3, 0.4) is 0 Å². The molecule has 3 aromatic carbocycles. The van der Waals surface area contributed by atoms with Crippen LogP contribution < -0.4 is 0 Å². The van der Waals surface area contributed by atoms with Gasteiger partial charge in [0.1, 0.15) is 0 Å². The Morgan fingerprint density at radius 3 is 1.59 bits per heavy atom. The third-order valence-corrected chi connectivity index (χ3v) is 7.30. The van der Waals surface area contributed by atoms with Gasteiger partial charge in [-0.2, -0.15) is 4.31 Å². The fourth-order valence-corrected chi connectivity index (χ4v) is 5.52. The van der Waals surface area contributed by atoms with E-state index in [1.54, 1.807) is 4.31 Å². The molecule has 150 valence electrons. The molecular weight excluding hydrogens is 380 g/mol. The van der Waals surface area contributed by atoms with Gasteiger partial charge in [0, 0.05) is 26.2 Å². The molecule has 0 atom stereocenters. The number of benzene rings is 3. The summed E-state index contributed by atoms with van der Waals surface area (Å²) in [6, 6.07) is 30.4. The maximum atomic E-state index is 12.9. The van der Waals surface area contributed by atoms with Gasteiger partial charge < -0.3 is 0 Å². The maximum Gasteiger partial charge on any atom is 0.218 e. The Hall–Kier alpha value is -2.47. The zero-order valence-corrected chi connectivity index (χ0v) is 17.2. The van der Waals surface area contributed by atoms with Crippen LogP contribution in [-0.4, -0.2) is 43.8 Å². The smallest absolute Gasteiger partial charge is 0.218 e. The Labute approximate surface area is 173 Å². The molecule has 1 aliphatic rings. The van der Waals surface area contributed by atoms with E-state index in [1.165, 1.54) is 11.1 Å². The molecule has 1 heterocycles. The second kappa shape index (κ2) is 8.91. The predicted octanol–water partition coefficient (Wildman–Crippen LogP) is 3.92. The average molecular weight is 407 g/mol. The Bertz CT molecular complexity index is 961. The molecule has 0 bridgehead atoms. The van der Waals surface area contributed by atoms with Crippen LogP contribution in [0.5, 0.6) is 0 Å². The summed E-state index contributed by atoms with van der Waals surface area (Å²) >= 11 is 0. The number of hydrogen-bond donors (Lipinski definition) is 0. The van der Waals surface area contributed by atoms with Crippen LogP contribution in [0.2, 0.25) is 0 Å². The van der Waals surface area contributed by atoms with Gasteiger partial charge in [0.05, 0.1) is 11.8 Å². The summed E-state index contributed by atoms with van der Waals surface area (Å²) in [6.45, 7) is 2.46. The van der Waals surface area contributed by atoms with Gasteiger partial charge in [0.2, 0.25) is 10.0 Å². The topological polar surface area (TPSA) is 40.6 Å². The highest BCUT2D eigenvalue weighted by Crippen LogP contribution is 2.30. The molecule has 1 saturated heterocycles. The molecular formula is C24H26N2O2S. The molecule has 0 spiro atoms. The molecule has 0 amide bonds. The van der Waals surface area contributed by atoms with Crippen LogP contribution in [0.15, 0.2) is 91.0 Å². The van der Waals surface area contributed by atoms with Gasteiger partial charge in [-0.25, -0.2) is 8.42 Å². The molecule has 1 aliphatic heterocycles. The lowest BCUT2D eigenvalue weighted by molar-refractivity contribution is 0.155. The van der Waals surface area contributed by atoms with E-state index >= 15 is 0 Å². The maximum absolute atomic E-state index is 12.9. The second-order valence-electron chi connectivity index (χ2n) is 7.40. The van der Waals surface area contributed by atoms with Crippen molar-refractivity contribution in [1.82, 2.24) is 9.21 Å². The van der Waals surface area contributed by atoms with E-state index in [-0.39, 0.29) is 11.8 Å². The summed E-state index contributed by atoms with van der Waals surface area (Å²) in [6.07, 6.45) is 0. The molecule has 0 saturated carbocycles. The first-order valence-electron chi connectivity index (χ1n) is 9.99. The van der Waals surface area contributed by atoms with Crippen LogP contribution in [0.4, 0.5) is 0 Å². The molecule has 4 nitrogen and oxygen atoms in total. The molecule has 5 heteroatoms. The molecule has 29 heavy (non-hydrogen) atoms. The molecule has 4 rings (SSSR count). The monoisotopic (exact) mass is 406 g/mol. The minimum absolute atomic E-state index is 0.0641. The first-order valence-corrected chi connectivity index (χ1v) is 11.6. The van der Waals surface area contributed by atoms with Crippen molar-refractivity contribution in [2.24, 2.45) is 0 Å². The van der Waals surface area contributed by atoms with Gasteiger partial charge >= 0.3 is 0 Å². The summed E-state index contributed by atoms with van der Waals surface area (Å²) in [4.78, 5) is 2.39. The van der Waals surface area contributed by atoms with Crippen LogP contribution in [0.25, 0.3) is 0 Å². The lowest BCUT2D eigenvalue weighted by atomic mass is 9.96. The number of sulfonamides is 1. The minimum Gasteiger partial charge on any atom is -0.290 e. The average Bonchev–Trinajstić information content (AvgIpc) is 2.76. The van der Waals surface area contributed by atoms with Crippen molar-refractivity contribution >= 4 is 10.0 Å². The summed E-state index contributed by atoms with van der Waals surface area (Å²) in [5.74, 6) is 0.0641. The Morgan fingerprint density at radius 1 is 0.655 bits per heavy atom. The molecule has 0 aliphatic carbocycles. The standard InChI is InChI=1S/C24H26N2O2S/c27-29(28,20-21-10-4-1-5-11-21)26-18-16-25(17-19-26)24(22-12-6-2-7-13-22)23-14-8-3-9-15-23/h1-15,24H,16-20H2. The van der Waals surface area contributed by atoms with Crippen molar-refractivity contribution < 1.29 is 8.42 Å². The normalized spacial score (nSPS) is 16.2. The predicted molar refractivity (Wildman–Crippen MR) is 117 cm³/mol. The highest BCUT2D eigenvalue weighted by molar-refractivity contribution is 7.88. The van der Waals surface area contributed by atoms with Crippen LogP contribution in [0, 0.1) is 0 Å². The van der Waals surface area contributed by atoms with Gasteiger partial charge in [-0.15, -0.1) is 0 Å². The lowest BCUT2D eigenvalue weighted by Gasteiger charge is -2.39. The van der Waals surface area contributed by atoms with Crippen molar-refractivity contribution in [2.45, 2.75) is 11.8 Å². The van der Waals surface area contributed by atoms with Crippen molar-refractivity contribution in [3.63, 3.8) is 0 Å². The highest BCUT2D eigenvalue weighted by Gasteiger charge is 2.31. The number of piperazine rings is 1. The number of hydrogen-bond acceptors (Lipinski definition) is 3. The third-order valence-electron chi connectivity index (χ3n) is 5.45. The van der Waals surface area contributed by atoms with E-state index in [1.807, 2.05) is 42.5 Å². The highest BCUT2D eigenvalue weighted by atomic mass is 32.2. The van der Waals surface area contributed by atoms with Gasteiger partial charge in [0.15, 0.2) is 0 Å². The van der Waals surface area contributed by atoms with E-state index in [0.717, 1.165) is 5.56 Å². The quantitative estimate of drug-likeness (QED) is 0.623. The van der Waals surface area contributed by atoms with Crippen molar-refractivity contribution in [2.75, 3.05) is 26.2 Å². The van der Waals surface area contributed by atoms with Crippen LogP contribution >= 0.6 is 0 Å². The van der Waals surface area contributed by atoms with Crippen LogP contribution in [-0.2, 0) is 15.8 Å². The summed E-state index contributed by atoms with van der Waals surface area (Å²) in [5, 5.41) is 0. The van der Waals surface area contributed by atoms with E-state index in [0.29, 0.717) is 26.2 Å². The van der Waals surface area contributed by atoms with Gasteiger partial charge in [-0.1, -0.05) is 91.0 Å². The molecule has 3 aromatic rings. The van der Waals surface area contributed by atoms with Crippen molar-refractivity contribution in [3.05, 3.63) is 108 Å². The zero-order valence-electron chi connectivity index (χ0n) is 16.4. The molecule has 1 fully saturated rings. The van der Waals surface area contributed by atoms with E-state index in [2.05, 4.69) is 53.4 Å².